The average Bonchev–Trinajstić information content (AvgIpc) is 2.81. The molecule has 4 N–H and O–H groups in total. The molecule has 0 bridgehead atoms. The Kier molecular flexibility index (Phi) is 3.82. The first-order valence-electron chi connectivity index (χ1n) is 5.79. The highest BCUT2D eigenvalue weighted by Crippen LogP contribution is 2.21. The van der Waals surface area contributed by atoms with Crippen LogP contribution in [0.15, 0.2) is 23.6 Å². The van der Waals surface area contributed by atoms with Crippen molar-refractivity contribution in [3.63, 3.8) is 0 Å². The molecule has 100 valence electrons. The van der Waals surface area contributed by atoms with Crippen molar-refractivity contribution in [2.24, 2.45) is 5.73 Å². The molecule has 5 nitrogen and oxygen atoms in total. The zero-order chi connectivity index (χ0) is 14.0. The zero-order valence-electron chi connectivity index (χ0n) is 10.7. The van der Waals surface area contributed by atoms with E-state index in [4.69, 9.17) is 5.73 Å². The van der Waals surface area contributed by atoms with E-state index in [-0.39, 0.29) is 17.7 Å². The molecule has 1 atom stereocenters. The Labute approximate surface area is 115 Å². The second-order valence-corrected chi connectivity index (χ2v) is 5.18. The normalized spacial score (nSPS) is 12.2. The van der Waals surface area contributed by atoms with E-state index in [2.05, 4.69) is 10.3 Å². The summed E-state index contributed by atoms with van der Waals surface area (Å²) in [7, 11) is 0. The summed E-state index contributed by atoms with van der Waals surface area (Å²) in [4.78, 5) is 16.2. The molecule has 0 aliphatic carbocycles. The van der Waals surface area contributed by atoms with Gasteiger partial charge in [0.1, 0.15) is 5.75 Å². The topological polar surface area (TPSA) is 88.2 Å². The van der Waals surface area contributed by atoms with Crippen LogP contribution in [-0.4, -0.2) is 16.0 Å². The first-order chi connectivity index (χ1) is 8.97. The molecule has 1 unspecified atom stereocenters. The third-order valence-corrected chi connectivity index (χ3v) is 3.46. The fraction of sp³-hybridized carbons (Fsp3) is 0.231. The van der Waals surface area contributed by atoms with Gasteiger partial charge in [0.25, 0.3) is 5.91 Å². The Balaban J connectivity index is 2.13. The van der Waals surface area contributed by atoms with Crippen molar-refractivity contribution >= 4 is 22.4 Å². The van der Waals surface area contributed by atoms with Crippen molar-refractivity contribution < 1.29 is 9.90 Å². The van der Waals surface area contributed by atoms with Crippen LogP contribution in [0.5, 0.6) is 5.75 Å². The largest absolute Gasteiger partial charge is 0.508 e. The van der Waals surface area contributed by atoms with Crippen LogP contribution in [0.1, 0.15) is 34.6 Å². The van der Waals surface area contributed by atoms with Crippen molar-refractivity contribution in [1.29, 1.82) is 0 Å². The Hall–Kier alpha value is -1.92. The monoisotopic (exact) mass is 277 g/mol. The number of nitrogens with one attached hydrogen (secondary N) is 1. The molecular weight excluding hydrogens is 262 g/mol. The summed E-state index contributed by atoms with van der Waals surface area (Å²) >= 11 is 1.32. The van der Waals surface area contributed by atoms with Gasteiger partial charge in [0, 0.05) is 17.0 Å². The van der Waals surface area contributed by atoms with E-state index >= 15 is 0 Å². The number of thiazole rings is 1. The van der Waals surface area contributed by atoms with Gasteiger partial charge in [-0.2, -0.15) is 0 Å². The quantitative estimate of drug-likeness (QED) is 0.804. The van der Waals surface area contributed by atoms with Crippen molar-refractivity contribution in [2.45, 2.75) is 19.9 Å². The van der Waals surface area contributed by atoms with Crippen molar-refractivity contribution in [2.75, 3.05) is 5.32 Å². The number of benzene rings is 1. The van der Waals surface area contributed by atoms with Crippen LogP contribution in [0.3, 0.4) is 0 Å². The highest BCUT2D eigenvalue weighted by molar-refractivity contribution is 7.14. The molecule has 0 aliphatic rings. The standard InChI is InChI=1S/C13H15N3O2S/c1-7-3-4-9(5-11(7)17)12(18)16-13-15-10(6-19-13)8(2)14/h3-6,8,17H,14H2,1-2H3,(H,15,16,18). The third kappa shape index (κ3) is 3.10. The van der Waals surface area contributed by atoms with Crippen molar-refractivity contribution in [3.05, 3.63) is 40.4 Å². The molecule has 0 saturated carbocycles. The lowest BCUT2D eigenvalue weighted by Gasteiger charge is -2.04. The van der Waals surface area contributed by atoms with Gasteiger partial charge < -0.3 is 10.8 Å². The number of aryl methyl sites for hydroxylation is 1. The summed E-state index contributed by atoms with van der Waals surface area (Å²) in [6.07, 6.45) is 0. The number of nitrogens with two attached hydrogens (primary N) is 1. The molecule has 1 aromatic heterocycles. The van der Waals surface area contributed by atoms with Crippen LogP contribution in [0.2, 0.25) is 0 Å². The number of amides is 1. The molecule has 6 heteroatoms. The van der Waals surface area contributed by atoms with Crippen LogP contribution in [0, 0.1) is 6.92 Å². The zero-order valence-corrected chi connectivity index (χ0v) is 11.5. The number of aromatic hydroxyl groups is 1. The fourth-order valence-corrected chi connectivity index (χ4v) is 2.28. The van der Waals surface area contributed by atoms with E-state index in [0.29, 0.717) is 10.7 Å². The first kappa shape index (κ1) is 13.5. The van der Waals surface area contributed by atoms with Gasteiger partial charge in [-0.05, 0) is 31.5 Å². The molecule has 19 heavy (non-hydrogen) atoms. The number of phenolic OH excluding ortho intramolecular Hbond substituents is 1. The summed E-state index contributed by atoms with van der Waals surface area (Å²) in [5, 5.41) is 14.6. The van der Waals surface area contributed by atoms with E-state index in [1.54, 1.807) is 19.1 Å². The molecule has 0 saturated heterocycles. The number of carbonyl (C=O) groups excluding carboxylic acids is 1. The van der Waals surface area contributed by atoms with E-state index in [0.717, 1.165) is 11.3 Å². The molecule has 2 aromatic rings. The average molecular weight is 277 g/mol. The van der Waals surface area contributed by atoms with E-state index in [1.807, 2.05) is 12.3 Å². The summed E-state index contributed by atoms with van der Waals surface area (Å²) in [6, 6.07) is 4.62. The van der Waals surface area contributed by atoms with Crippen LogP contribution in [0.4, 0.5) is 5.13 Å². The first-order valence-corrected chi connectivity index (χ1v) is 6.67. The maximum atomic E-state index is 12.0. The fourth-order valence-electron chi connectivity index (χ4n) is 1.47. The van der Waals surface area contributed by atoms with Crippen LogP contribution >= 0.6 is 11.3 Å². The number of aromatic nitrogens is 1. The smallest absolute Gasteiger partial charge is 0.257 e. The number of rotatable bonds is 3. The van der Waals surface area contributed by atoms with Gasteiger partial charge in [0.2, 0.25) is 0 Å². The van der Waals surface area contributed by atoms with Gasteiger partial charge in [-0.15, -0.1) is 11.3 Å². The summed E-state index contributed by atoms with van der Waals surface area (Å²) in [5.41, 5.74) is 7.56. The van der Waals surface area contributed by atoms with Crippen LogP contribution < -0.4 is 11.1 Å². The lowest BCUT2D eigenvalue weighted by atomic mass is 10.1. The third-order valence-electron chi connectivity index (χ3n) is 2.68. The number of hydrogen-bond donors (Lipinski definition) is 3. The van der Waals surface area contributed by atoms with Gasteiger partial charge in [-0.3, -0.25) is 10.1 Å². The molecule has 0 aliphatic heterocycles. The van der Waals surface area contributed by atoms with Gasteiger partial charge in [0.05, 0.1) is 5.69 Å². The highest BCUT2D eigenvalue weighted by Gasteiger charge is 2.11. The Bertz CT molecular complexity index is 608. The number of nitrogens with zero attached hydrogens (tertiary/aromatic N) is 1. The van der Waals surface area contributed by atoms with Gasteiger partial charge >= 0.3 is 0 Å². The summed E-state index contributed by atoms with van der Waals surface area (Å²) in [6.45, 7) is 3.60. The van der Waals surface area contributed by atoms with E-state index in [1.165, 1.54) is 17.4 Å². The molecule has 0 radical (unpaired) electrons. The molecular formula is C13H15N3O2S. The maximum Gasteiger partial charge on any atom is 0.257 e. The van der Waals surface area contributed by atoms with Gasteiger partial charge in [-0.25, -0.2) is 4.98 Å². The Morgan fingerprint density at radius 3 is 2.84 bits per heavy atom. The minimum Gasteiger partial charge on any atom is -0.508 e. The predicted molar refractivity (Wildman–Crippen MR) is 75.5 cm³/mol. The molecule has 2 rings (SSSR count). The van der Waals surface area contributed by atoms with Crippen LogP contribution in [-0.2, 0) is 0 Å². The van der Waals surface area contributed by atoms with Gasteiger partial charge in [0.15, 0.2) is 5.13 Å². The summed E-state index contributed by atoms with van der Waals surface area (Å²) < 4.78 is 0. The lowest BCUT2D eigenvalue weighted by Crippen LogP contribution is -2.12. The number of carbonyl (C=O) groups is 1. The van der Waals surface area contributed by atoms with E-state index in [9.17, 15) is 9.90 Å². The predicted octanol–water partition coefficient (Wildman–Crippen LogP) is 2.43. The maximum absolute atomic E-state index is 12.0. The minimum atomic E-state index is -0.305. The molecule has 0 spiro atoms. The second-order valence-electron chi connectivity index (χ2n) is 4.32. The molecule has 1 amide bonds. The van der Waals surface area contributed by atoms with Gasteiger partial charge in [-0.1, -0.05) is 6.07 Å². The lowest BCUT2D eigenvalue weighted by molar-refractivity contribution is 0.102. The number of phenols is 1. The minimum absolute atomic E-state index is 0.100. The number of anilines is 1. The van der Waals surface area contributed by atoms with E-state index < -0.39 is 0 Å². The number of hydrogen-bond acceptors (Lipinski definition) is 5. The van der Waals surface area contributed by atoms with Crippen molar-refractivity contribution in [3.8, 4) is 5.75 Å². The van der Waals surface area contributed by atoms with Crippen molar-refractivity contribution in [1.82, 2.24) is 4.98 Å². The second kappa shape index (κ2) is 5.38. The highest BCUT2D eigenvalue weighted by atomic mass is 32.1. The SMILES string of the molecule is Cc1ccc(C(=O)Nc2nc(C(C)N)cs2)cc1O. The summed E-state index contributed by atoms with van der Waals surface area (Å²) in [5.74, 6) is -0.205. The van der Waals surface area contributed by atoms with Crippen LogP contribution in [0.25, 0.3) is 0 Å². The molecule has 0 fully saturated rings. The molecule has 1 aromatic carbocycles. The molecule has 1 heterocycles. The Morgan fingerprint density at radius 1 is 1.53 bits per heavy atom. The Morgan fingerprint density at radius 2 is 2.26 bits per heavy atom.